The minimum atomic E-state index is -3.81. The van der Waals surface area contributed by atoms with Gasteiger partial charge in [0.2, 0.25) is 5.91 Å². The van der Waals surface area contributed by atoms with Crippen molar-refractivity contribution < 1.29 is 17.9 Å². The molecule has 0 heterocycles. The molecular weight excluding hydrogens is 402 g/mol. The third kappa shape index (κ3) is 6.18. The van der Waals surface area contributed by atoms with Gasteiger partial charge in [-0.2, -0.15) is 13.5 Å². The largest absolute Gasteiger partial charge is 0.489 e. The van der Waals surface area contributed by atoms with Crippen molar-refractivity contribution >= 4 is 27.8 Å². The molecule has 0 saturated heterocycles. The number of sulfonamides is 1. The molecule has 3 rings (SSSR count). The lowest BCUT2D eigenvalue weighted by atomic mass is 10.2. The highest BCUT2D eigenvalue weighted by molar-refractivity contribution is 7.89. The Labute approximate surface area is 175 Å². The van der Waals surface area contributed by atoms with Crippen molar-refractivity contribution in [2.45, 2.75) is 18.4 Å². The van der Waals surface area contributed by atoms with Gasteiger partial charge in [0.15, 0.2) is 0 Å². The number of rotatable bonds is 8. The van der Waals surface area contributed by atoms with Gasteiger partial charge < -0.3 is 10.1 Å². The second-order valence-electron chi connectivity index (χ2n) is 6.40. The average molecular weight is 423 g/mol. The standard InChI is InChI=1S/C22H21N3O4S/c1-17(26)24-20-9-13-22(14-10-20)30(27,28)25-23-15-18-7-11-21(12-8-18)29-16-19-5-3-2-4-6-19/h2-15,25H,16H2,1H3,(H,24,26)/b23-15-. The van der Waals surface area contributed by atoms with E-state index in [-0.39, 0.29) is 10.8 Å². The maximum absolute atomic E-state index is 12.3. The predicted octanol–water partition coefficient (Wildman–Crippen LogP) is 3.54. The maximum Gasteiger partial charge on any atom is 0.276 e. The number of hydrazone groups is 1. The Hall–Kier alpha value is -3.65. The van der Waals surface area contributed by atoms with Gasteiger partial charge in [-0.3, -0.25) is 4.79 Å². The molecular formula is C22H21N3O4S. The van der Waals surface area contributed by atoms with E-state index in [1.54, 1.807) is 24.3 Å². The van der Waals surface area contributed by atoms with Gasteiger partial charge in [-0.15, -0.1) is 0 Å². The van der Waals surface area contributed by atoms with Crippen molar-refractivity contribution in [3.8, 4) is 5.75 Å². The van der Waals surface area contributed by atoms with E-state index in [1.165, 1.54) is 37.4 Å². The van der Waals surface area contributed by atoms with E-state index < -0.39 is 10.0 Å². The SMILES string of the molecule is CC(=O)Nc1ccc(S(=O)(=O)N/N=C\c2ccc(OCc3ccccc3)cc2)cc1. The van der Waals surface area contributed by atoms with Crippen LogP contribution in [0.15, 0.2) is 88.9 Å². The third-order valence-electron chi connectivity index (χ3n) is 4.00. The quantitative estimate of drug-likeness (QED) is 0.428. The van der Waals surface area contributed by atoms with Crippen LogP contribution in [0, 0.1) is 0 Å². The van der Waals surface area contributed by atoms with Gasteiger partial charge in [-0.25, -0.2) is 4.83 Å². The molecule has 0 aliphatic rings. The van der Waals surface area contributed by atoms with Gasteiger partial charge in [0.05, 0.1) is 11.1 Å². The molecule has 2 N–H and O–H groups in total. The minimum Gasteiger partial charge on any atom is -0.489 e. The first-order valence-corrected chi connectivity index (χ1v) is 10.6. The highest BCUT2D eigenvalue weighted by atomic mass is 32.2. The molecule has 3 aromatic carbocycles. The molecule has 0 aliphatic heterocycles. The molecule has 30 heavy (non-hydrogen) atoms. The van der Waals surface area contributed by atoms with E-state index >= 15 is 0 Å². The summed E-state index contributed by atoms with van der Waals surface area (Å²) in [5.74, 6) is 0.473. The molecule has 0 unspecified atom stereocenters. The van der Waals surface area contributed by atoms with Gasteiger partial charge in [-0.05, 0) is 59.7 Å². The number of benzene rings is 3. The van der Waals surface area contributed by atoms with Crippen LogP contribution in [0.1, 0.15) is 18.1 Å². The molecule has 0 atom stereocenters. The average Bonchev–Trinajstić information content (AvgIpc) is 2.74. The minimum absolute atomic E-state index is 0.0402. The summed E-state index contributed by atoms with van der Waals surface area (Å²) in [4.78, 5) is 13.2. The lowest BCUT2D eigenvalue weighted by molar-refractivity contribution is -0.114. The Morgan fingerprint density at radius 1 is 0.967 bits per heavy atom. The van der Waals surface area contributed by atoms with Gasteiger partial charge in [-0.1, -0.05) is 30.3 Å². The Morgan fingerprint density at radius 2 is 1.63 bits per heavy atom. The summed E-state index contributed by atoms with van der Waals surface area (Å²) < 4.78 is 30.3. The van der Waals surface area contributed by atoms with Crippen LogP contribution in [0.2, 0.25) is 0 Å². The summed E-state index contributed by atoms with van der Waals surface area (Å²) in [6.45, 7) is 1.84. The van der Waals surface area contributed by atoms with Gasteiger partial charge in [0.1, 0.15) is 12.4 Å². The zero-order valence-electron chi connectivity index (χ0n) is 16.3. The summed E-state index contributed by atoms with van der Waals surface area (Å²) in [6.07, 6.45) is 1.41. The molecule has 0 saturated carbocycles. The predicted molar refractivity (Wildman–Crippen MR) is 116 cm³/mol. The van der Waals surface area contributed by atoms with Gasteiger partial charge in [0.25, 0.3) is 10.0 Å². The molecule has 0 aromatic heterocycles. The molecule has 3 aromatic rings. The molecule has 7 nitrogen and oxygen atoms in total. The van der Waals surface area contributed by atoms with Crippen LogP contribution >= 0.6 is 0 Å². The molecule has 154 valence electrons. The van der Waals surface area contributed by atoms with Crippen LogP contribution in [0.5, 0.6) is 5.75 Å². The molecule has 0 spiro atoms. The fourth-order valence-corrected chi connectivity index (χ4v) is 3.33. The topological polar surface area (TPSA) is 96.9 Å². The fraction of sp³-hybridized carbons (Fsp3) is 0.0909. The number of carbonyl (C=O) groups is 1. The Bertz CT molecular complexity index is 1110. The van der Waals surface area contributed by atoms with Crippen LogP contribution < -0.4 is 14.9 Å². The van der Waals surface area contributed by atoms with Crippen molar-refractivity contribution in [3.63, 3.8) is 0 Å². The monoisotopic (exact) mass is 423 g/mol. The van der Waals surface area contributed by atoms with Crippen LogP contribution in [0.3, 0.4) is 0 Å². The lowest BCUT2D eigenvalue weighted by Gasteiger charge is -2.07. The number of carbonyl (C=O) groups excluding carboxylic acids is 1. The zero-order valence-corrected chi connectivity index (χ0v) is 17.1. The van der Waals surface area contributed by atoms with E-state index in [2.05, 4.69) is 15.2 Å². The molecule has 0 bridgehead atoms. The normalized spacial score (nSPS) is 11.2. The van der Waals surface area contributed by atoms with E-state index in [9.17, 15) is 13.2 Å². The Balaban J connectivity index is 1.55. The van der Waals surface area contributed by atoms with Crippen molar-refractivity contribution in [1.82, 2.24) is 4.83 Å². The van der Waals surface area contributed by atoms with Crippen molar-refractivity contribution in [2.75, 3.05) is 5.32 Å². The summed E-state index contributed by atoms with van der Waals surface area (Å²) in [5.41, 5.74) is 2.30. The van der Waals surface area contributed by atoms with Gasteiger partial charge in [0, 0.05) is 12.6 Å². The van der Waals surface area contributed by atoms with Crippen LogP contribution in [0.25, 0.3) is 0 Å². The highest BCUT2D eigenvalue weighted by Gasteiger charge is 2.12. The first-order chi connectivity index (χ1) is 14.4. The molecule has 0 fully saturated rings. The second kappa shape index (κ2) is 9.71. The molecule has 0 radical (unpaired) electrons. The Kier molecular flexibility index (Phi) is 6.82. The number of nitrogens with one attached hydrogen (secondary N) is 2. The van der Waals surface area contributed by atoms with Crippen molar-refractivity contribution in [1.29, 1.82) is 0 Å². The number of amides is 1. The summed E-state index contributed by atoms with van der Waals surface area (Å²) in [5, 5.41) is 6.39. The second-order valence-corrected chi connectivity index (χ2v) is 8.06. The van der Waals surface area contributed by atoms with E-state index in [0.29, 0.717) is 23.6 Å². The first-order valence-electron chi connectivity index (χ1n) is 9.12. The first kappa shape index (κ1) is 21.1. The van der Waals surface area contributed by atoms with Gasteiger partial charge >= 0.3 is 0 Å². The zero-order chi connectivity index (χ0) is 21.4. The molecule has 1 amide bonds. The maximum atomic E-state index is 12.3. The van der Waals surface area contributed by atoms with Crippen LogP contribution in [0.4, 0.5) is 5.69 Å². The summed E-state index contributed by atoms with van der Waals surface area (Å²) >= 11 is 0. The van der Waals surface area contributed by atoms with Crippen LogP contribution in [-0.4, -0.2) is 20.5 Å². The number of ether oxygens (including phenoxy) is 1. The number of anilines is 1. The third-order valence-corrected chi connectivity index (χ3v) is 5.24. The lowest BCUT2D eigenvalue weighted by Crippen LogP contribution is -2.18. The Morgan fingerprint density at radius 3 is 2.27 bits per heavy atom. The smallest absolute Gasteiger partial charge is 0.276 e. The number of hydrogen-bond acceptors (Lipinski definition) is 5. The van der Waals surface area contributed by atoms with Crippen LogP contribution in [-0.2, 0) is 21.4 Å². The number of hydrogen-bond donors (Lipinski definition) is 2. The summed E-state index contributed by atoms with van der Waals surface area (Å²) in [7, 11) is -3.81. The van der Waals surface area contributed by atoms with E-state index in [4.69, 9.17) is 4.74 Å². The van der Waals surface area contributed by atoms with Crippen molar-refractivity contribution in [2.24, 2.45) is 5.10 Å². The van der Waals surface area contributed by atoms with E-state index in [0.717, 1.165) is 5.56 Å². The highest BCUT2D eigenvalue weighted by Crippen LogP contribution is 2.15. The van der Waals surface area contributed by atoms with Crippen molar-refractivity contribution in [3.05, 3.63) is 90.0 Å². The number of nitrogens with zero attached hydrogens (tertiary/aromatic N) is 1. The fourth-order valence-electron chi connectivity index (χ4n) is 2.53. The molecule has 0 aliphatic carbocycles. The van der Waals surface area contributed by atoms with E-state index in [1.807, 2.05) is 30.3 Å². The summed E-state index contributed by atoms with van der Waals surface area (Å²) in [6, 6.07) is 22.8. The molecule has 8 heteroatoms.